The molecule has 7 nitrogen and oxygen atoms in total. The third-order valence-corrected chi connectivity index (χ3v) is 5.04. The largest absolute Gasteiger partial charge is 0.478 e. The predicted octanol–water partition coefficient (Wildman–Crippen LogP) is 0.813. The number of sulfonamides is 1. The van der Waals surface area contributed by atoms with Gasteiger partial charge in [-0.05, 0) is 38.0 Å². The first-order chi connectivity index (χ1) is 9.81. The van der Waals surface area contributed by atoms with Crippen molar-refractivity contribution in [2.75, 3.05) is 12.3 Å². The lowest BCUT2D eigenvalue weighted by Gasteiger charge is -2.20. The molecular formula is C13H18N2O5S. The van der Waals surface area contributed by atoms with Crippen molar-refractivity contribution in [3.63, 3.8) is 0 Å². The molecule has 1 aromatic rings. The lowest BCUT2D eigenvalue weighted by atomic mass is 10.1. The molecule has 1 aliphatic rings. The van der Waals surface area contributed by atoms with Gasteiger partial charge in [0.25, 0.3) is 0 Å². The number of hydrogen-bond donors (Lipinski definition) is 3. The molecule has 8 heteroatoms. The van der Waals surface area contributed by atoms with E-state index >= 15 is 0 Å². The van der Waals surface area contributed by atoms with Gasteiger partial charge in [-0.3, -0.25) is 0 Å². The van der Waals surface area contributed by atoms with Gasteiger partial charge < -0.3 is 15.6 Å². The van der Waals surface area contributed by atoms with E-state index in [0.29, 0.717) is 6.61 Å². The summed E-state index contributed by atoms with van der Waals surface area (Å²) < 4.78 is 32.6. The predicted molar refractivity (Wildman–Crippen MR) is 76.6 cm³/mol. The maximum atomic E-state index is 12.3. The van der Waals surface area contributed by atoms with Crippen molar-refractivity contribution in [1.29, 1.82) is 0 Å². The Balaban J connectivity index is 2.21. The Hall–Kier alpha value is -1.64. The third-order valence-electron chi connectivity index (χ3n) is 3.41. The van der Waals surface area contributed by atoms with Crippen molar-refractivity contribution >= 4 is 21.7 Å². The highest BCUT2D eigenvalue weighted by atomic mass is 32.2. The zero-order valence-corrected chi connectivity index (χ0v) is 12.4. The summed E-state index contributed by atoms with van der Waals surface area (Å²) in [6.45, 7) is 2.36. The summed E-state index contributed by atoms with van der Waals surface area (Å²) in [7, 11) is -3.82. The number of rotatable bonds is 5. The molecule has 116 valence electrons. The fraction of sp³-hybridized carbons (Fsp3) is 0.462. The van der Waals surface area contributed by atoms with Gasteiger partial charge in [0.2, 0.25) is 10.0 Å². The molecule has 0 aromatic heterocycles. The van der Waals surface area contributed by atoms with Crippen LogP contribution >= 0.6 is 0 Å². The maximum absolute atomic E-state index is 12.3. The number of anilines is 1. The monoisotopic (exact) mass is 314 g/mol. The maximum Gasteiger partial charge on any atom is 0.335 e. The van der Waals surface area contributed by atoms with Crippen LogP contribution in [0.3, 0.4) is 0 Å². The summed E-state index contributed by atoms with van der Waals surface area (Å²) in [5.41, 5.74) is 5.51. The van der Waals surface area contributed by atoms with Gasteiger partial charge in [-0.15, -0.1) is 0 Å². The van der Waals surface area contributed by atoms with Crippen LogP contribution in [0.25, 0.3) is 0 Å². The molecular weight excluding hydrogens is 296 g/mol. The zero-order valence-electron chi connectivity index (χ0n) is 11.6. The van der Waals surface area contributed by atoms with E-state index in [0.717, 1.165) is 18.9 Å². The second-order valence-corrected chi connectivity index (χ2v) is 6.70. The van der Waals surface area contributed by atoms with Crippen molar-refractivity contribution < 1.29 is 23.1 Å². The van der Waals surface area contributed by atoms with E-state index in [1.165, 1.54) is 12.1 Å². The fourth-order valence-electron chi connectivity index (χ4n) is 2.31. The number of hydrogen-bond acceptors (Lipinski definition) is 5. The molecule has 0 spiro atoms. The van der Waals surface area contributed by atoms with Crippen LogP contribution in [0.1, 0.15) is 30.1 Å². The Kier molecular flexibility index (Phi) is 4.50. The fourth-order valence-corrected chi connectivity index (χ4v) is 3.69. The van der Waals surface area contributed by atoms with Crippen LogP contribution in [-0.4, -0.2) is 38.2 Å². The Morgan fingerprint density at radius 2 is 2.24 bits per heavy atom. The van der Waals surface area contributed by atoms with E-state index in [-0.39, 0.29) is 28.3 Å². The number of carbonyl (C=O) groups is 1. The first-order valence-corrected chi connectivity index (χ1v) is 8.06. The standard InChI is InChI=1S/C13H18N2O5S/c1-8(11-3-2-6-20-11)15-21(18,19)12-5-4-9(13(16)17)7-10(12)14/h4-5,7-8,11,15H,2-3,6,14H2,1H3,(H,16,17). The van der Waals surface area contributed by atoms with Gasteiger partial charge in [0.15, 0.2) is 0 Å². The Morgan fingerprint density at radius 3 is 2.76 bits per heavy atom. The molecule has 0 aliphatic carbocycles. The first kappa shape index (κ1) is 15.7. The molecule has 0 saturated carbocycles. The van der Waals surface area contributed by atoms with E-state index in [1.54, 1.807) is 6.92 Å². The molecule has 21 heavy (non-hydrogen) atoms. The highest BCUT2D eigenvalue weighted by Crippen LogP contribution is 2.22. The molecule has 1 aromatic carbocycles. The van der Waals surface area contributed by atoms with Crippen molar-refractivity contribution in [3.8, 4) is 0 Å². The third kappa shape index (κ3) is 3.52. The average Bonchev–Trinajstić information content (AvgIpc) is 2.91. The van der Waals surface area contributed by atoms with Crippen LogP contribution in [0, 0.1) is 0 Å². The summed E-state index contributed by atoms with van der Waals surface area (Å²) >= 11 is 0. The van der Waals surface area contributed by atoms with Crippen LogP contribution < -0.4 is 10.5 Å². The number of aromatic carboxylic acids is 1. The average molecular weight is 314 g/mol. The summed E-state index contributed by atoms with van der Waals surface area (Å²) in [6.07, 6.45) is 1.56. The van der Waals surface area contributed by atoms with Crippen molar-refractivity contribution in [2.45, 2.75) is 36.8 Å². The van der Waals surface area contributed by atoms with Gasteiger partial charge >= 0.3 is 5.97 Å². The number of benzene rings is 1. The number of carboxylic acid groups (broad SMARTS) is 1. The van der Waals surface area contributed by atoms with E-state index < -0.39 is 16.0 Å². The van der Waals surface area contributed by atoms with Crippen LogP contribution in [0.2, 0.25) is 0 Å². The summed E-state index contributed by atoms with van der Waals surface area (Å²) in [4.78, 5) is 10.7. The normalized spacial score (nSPS) is 20.3. The highest BCUT2D eigenvalue weighted by molar-refractivity contribution is 7.89. The highest BCUT2D eigenvalue weighted by Gasteiger charge is 2.28. The molecule has 0 radical (unpaired) electrons. The van der Waals surface area contributed by atoms with E-state index in [9.17, 15) is 13.2 Å². The minimum atomic E-state index is -3.82. The number of ether oxygens (including phenoxy) is 1. The molecule has 1 aliphatic heterocycles. The van der Waals surface area contributed by atoms with Crippen LogP contribution in [0.4, 0.5) is 5.69 Å². The van der Waals surface area contributed by atoms with E-state index in [4.69, 9.17) is 15.6 Å². The van der Waals surface area contributed by atoms with Crippen molar-refractivity contribution in [2.24, 2.45) is 0 Å². The van der Waals surface area contributed by atoms with Gasteiger partial charge in [0.05, 0.1) is 17.4 Å². The van der Waals surface area contributed by atoms with Crippen LogP contribution in [0.15, 0.2) is 23.1 Å². The van der Waals surface area contributed by atoms with Crippen LogP contribution in [0.5, 0.6) is 0 Å². The summed E-state index contributed by atoms with van der Waals surface area (Å²) in [5.74, 6) is -1.16. The van der Waals surface area contributed by atoms with Gasteiger partial charge in [-0.25, -0.2) is 17.9 Å². The lowest BCUT2D eigenvalue weighted by molar-refractivity contribution is 0.0697. The van der Waals surface area contributed by atoms with Gasteiger partial charge in [-0.2, -0.15) is 0 Å². The van der Waals surface area contributed by atoms with Crippen molar-refractivity contribution in [1.82, 2.24) is 4.72 Å². The molecule has 2 unspecified atom stereocenters. The number of nitrogens with two attached hydrogens (primary N) is 1. The van der Waals surface area contributed by atoms with Crippen molar-refractivity contribution in [3.05, 3.63) is 23.8 Å². The molecule has 0 amide bonds. The number of nitrogens with one attached hydrogen (secondary N) is 1. The molecule has 4 N–H and O–H groups in total. The van der Waals surface area contributed by atoms with Gasteiger partial charge in [-0.1, -0.05) is 0 Å². The van der Waals surface area contributed by atoms with Gasteiger partial charge in [0.1, 0.15) is 4.90 Å². The second kappa shape index (κ2) is 6.00. The molecule has 1 heterocycles. The summed E-state index contributed by atoms with van der Waals surface area (Å²) in [5, 5.41) is 8.85. The molecule has 0 bridgehead atoms. The Bertz CT molecular complexity index is 638. The quantitative estimate of drug-likeness (QED) is 0.692. The smallest absolute Gasteiger partial charge is 0.335 e. The Morgan fingerprint density at radius 1 is 1.52 bits per heavy atom. The molecule has 2 atom stereocenters. The first-order valence-electron chi connectivity index (χ1n) is 6.58. The molecule has 2 rings (SSSR count). The molecule has 1 saturated heterocycles. The number of nitrogen functional groups attached to an aromatic ring is 1. The van der Waals surface area contributed by atoms with E-state index in [2.05, 4.69) is 4.72 Å². The van der Waals surface area contributed by atoms with E-state index in [1.807, 2.05) is 0 Å². The number of carboxylic acids is 1. The Labute approximate surface area is 123 Å². The van der Waals surface area contributed by atoms with Gasteiger partial charge in [0, 0.05) is 12.6 Å². The zero-order chi connectivity index (χ0) is 15.6. The minimum Gasteiger partial charge on any atom is -0.478 e. The SMILES string of the molecule is CC(NS(=O)(=O)c1ccc(C(=O)O)cc1N)C1CCCO1. The second-order valence-electron chi connectivity index (χ2n) is 5.02. The minimum absolute atomic E-state index is 0.0568. The summed E-state index contributed by atoms with van der Waals surface area (Å²) in [6, 6.07) is 3.16. The lowest BCUT2D eigenvalue weighted by Crippen LogP contribution is -2.40. The van der Waals surface area contributed by atoms with Crippen LogP contribution in [-0.2, 0) is 14.8 Å². The molecule has 1 fully saturated rings. The topological polar surface area (TPSA) is 119 Å².